The summed E-state index contributed by atoms with van der Waals surface area (Å²) in [5, 5.41) is 12.1. The number of hydrogen-bond donors (Lipinski definition) is 2. The third-order valence-corrected chi connectivity index (χ3v) is 2.50. The summed E-state index contributed by atoms with van der Waals surface area (Å²) in [6.45, 7) is 1.29. The predicted octanol–water partition coefficient (Wildman–Crippen LogP) is 2.50. The summed E-state index contributed by atoms with van der Waals surface area (Å²) in [5.74, 6) is -0.0191. The maximum absolute atomic E-state index is 12.6. The average molecular weight is 295 g/mol. The molecule has 0 heterocycles. The van der Waals surface area contributed by atoms with Crippen LogP contribution in [0, 0.1) is 5.82 Å². The first-order valence-electron chi connectivity index (χ1n) is 6.13. The normalized spacial score (nSPS) is 14.9. The molecule has 7 heteroatoms. The predicted molar refractivity (Wildman–Crippen MR) is 66.0 cm³/mol. The highest BCUT2D eigenvalue weighted by molar-refractivity contribution is 5.22. The highest BCUT2D eigenvalue weighted by Gasteiger charge is 2.29. The molecule has 2 atom stereocenters. The zero-order chi connectivity index (χ0) is 15.2. The molecule has 0 fully saturated rings. The number of benzene rings is 1. The molecule has 2 N–H and O–H groups in total. The molecule has 0 aliphatic heterocycles. The van der Waals surface area contributed by atoms with Crippen LogP contribution in [0.2, 0.25) is 0 Å². The number of rotatable bonds is 7. The van der Waals surface area contributed by atoms with E-state index in [0.29, 0.717) is 5.75 Å². The van der Waals surface area contributed by atoms with Gasteiger partial charge in [-0.25, -0.2) is 4.39 Å². The van der Waals surface area contributed by atoms with Crippen LogP contribution in [0.15, 0.2) is 24.3 Å². The van der Waals surface area contributed by atoms with E-state index in [1.807, 2.05) is 0 Å². The summed E-state index contributed by atoms with van der Waals surface area (Å²) in [6, 6.07) is 4.45. The number of nitrogens with one attached hydrogen (secondary N) is 1. The van der Waals surface area contributed by atoms with Gasteiger partial charge < -0.3 is 15.2 Å². The minimum Gasteiger partial charge on any atom is -0.491 e. The Labute approximate surface area is 114 Å². The lowest BCUT2D eigenvalue weighted by Crippen LogP contribution is -2.38. The molecule has 3 nitrogen and oxygen atoms in total. The van der Waals surface area contributed by atoms with Crippen LogP contribution in [0.1, 0.15) is 13.3 Å². The zero-order valence-electron chi connectivity index (χ0n) is 11.0. The number of aliphatic hydroxyl groups excluding tert-OH is 1. The lowest BCUT2D eigenvalue weighted by atomic mass is 10.2. The fourth-order valence-electron chi connectivity index (χ4n) is 1.54. The van der Waals surface area contributed by atoms with Crippen molar-refractivity contribution in [2.24, 2.45) is 0 Å². The van der Waals surface area contributed by atoms with Gasteiger partial charge in [0.05, 0.1) is 6.42 Å². The van der Waals surface area contributed by atoms with Crippen LogP contribution >= 0.6 is 0 Å². The van der Waals surface area contributed by atoms with E-state index in [4.69, 9.17) is 4.74 Å². The molecule has 1 rings (SSSR count). The van der Waals surface area contributed by atoms with E-state index in [9.17, 15) is 22.7 Å². The molecule has 2 unspecified atom stereocenters. The quantitative estimate of drug-likeness (QED) is 0.759. The standard InChI is InChI=1S/C13H17F4NO2/c1-9(6-13(15,16)17)18-7-11(19)8-20-12-4-2-10(14)3-5-12/h2-5,9,11,18-19H,6-8H2,1H3. The summed E-state index contributed by atoms with van der Waals surface area (Å²) in [6.07, 6.45) is -6.14. The van der Waals surface area contributed by atoms with Crippen molar-refractivity contribution < 1.29 is 27.4 Å². The van der Waals surface area contributed by atoms with Crippen LogP contribution in [0.3, 0.4) is 0 Å². The highest BCUT2D eigenvalue weighted by Crippen LogP contribution is 2.21. The molecular weight excluding hydrogens is 278 g/mol. The monoisotopic (exact) mass is 295 g/mol. The molecule has 0 aromatic heterocycles. The van der Waals surface area contributed by atoms with E-state index in [1.54, 1.807) is 0 Å². The Bertz CT molecular complexity index is 394. The first-order chi connectivity index (χ1) is 9.26. The summed E-state index contributed by atoms with van der Waals surface area (Å²) in [5.41, 5.74) is 0. The van der Waals surface area contributed by atoms with Crippen molar-refractivity contribution in [3.8, 4) is 5.75 Å². The molecule has 114 valence electrons. The van der Waals surface area contributed by atoms with Crippen LogP contribution < -0.4 is 10.1 Å². The van der Waals surface area contributed by atoms with Crippen LogP contribution in [0.25, 0.3) is 0 Å². The fraction of sp³-hybridized carbons (Fsp3) is 0.538. The summed E-state index contributed by atoms with van der Waals surface area (Å²) in [4.78, 5) is 0. The van der Waals surface area contributed by atoms with Crippen LogP contribution in [-0.4, -0.2) is 36.6 Å². The molecule has 0 bridgehead atoms. The first kappa shape index (κ1) is 16.7. The summed E-state index contributed by atoms with van der Waals surface area (Å²) < 4.78 is 54.0. The molecule has 0 radical (unpaired) electrons. The van der Waals surface area contributed by atoms with Crippen LogP contribution in [0.5, 0.6) is 5.75 Å². The van der Waals surface area contributed by atoms with Gasteiger partial charge in [0, 0.05) is 12.6 Å². The smallest absolute Gasteiger partial charge is 0.390 e. The molecule has 1 aromatic rings. The summed E-state index contributed by atoms with van der Waals surface area (Å²) >= 11 is 0. The van der Waals surface area contributed by atoms with Gasteiger partial charge in [0.25, 0.3) is 0 Å². The fourth-order valence-corrected chi connectivity index (χ4v) is 1.54. The van der Waals surface area contributed by atoms with Gasteiger partial charge in [0.2, 0.25) is 0 Å². The Morgan fingerprint density at radius 2 is 1.85 bits per heavy atom. The maximum atomic E-state index is 12.6. The Morgan fingerprint density at radius 3 is 2.40 bits per heavy atom. The lowest BCUT2D eigenvalue weighted by molar-refractivity contribution is -0.139. The SMILES string of the molecule is CC(CC(F)(F)F)NCC(O)COc1ccc(F)cc1. The van der Waals surface area contributed by atoms with Gasteiger partial charge in [0.15, 0.2) is 0 Å². The molecule has 0 saturated carbocycles. The van der Waals surface area contributed by atoms with Crippen molar-refractivity contribution in [3.05, 3.63) is 30.1 Å². The Hall–Kier alpha value is -1.34. The number of hydrogen-bond acceptors (Lipinski definition) is 3. The van der Waals surface area contributed by atoms with E-state index in [1.165, 1.54) is 31.2 Å². The number of ether oxygens (including phenoxy) is 1. The number of aliphatic hydroxyl groups is 1. The van der Waals surface area contributed by atoms with Gasteiger partial charge in [0.1, 0.15) is 24.3 Å². The second-order valence-corrected chi connectivity index (χ2v) is 4.55. The number of halogens is 4. The molecule has 1 aromatic carbocycles. The second-order valence-electron chi connectivity index (χ2n) is 4.55. The van der Waals surface area contributed by atoms with Crippen LogP contribution in [-0.2, 0) is 0 Å². The van der Waals surface area contributed by atoms with Gasteiger partial charge in [-0.3, -0.25) is 0 Å². The Morgan fingerprint density at radius 1 is 1.25 bits per heavy atom. The Balaban J connectivity index is 2.23. The number of alkyl halides is 3. The van der Waals surface area contributed by atoms with Crippen molar-refractivity contribution in [1.82, 2.24) is 5.32 Å². The minimum atomic E-state index is -4.23. The van der Waals surface area contributed by atoms with Gasteiger partial charge in [-0.15, -0.1) is 0 Å². The average Bonchev–Trinajstić information content (AvgIpc) is 2.33. The second kappa shape index (κ2) is 7.44. The maximum Gasteiger partial charge on any atom is 0.390 e. The first-order valence-corrected chi connectivity index (χ1v) is 6.13. The van der Waals surface area contributed by atoms with E-state index in [2.05, 4.69) is 5.32 Å². The highest BCUT2D eigenvalue weighted by atomic mass is 19.4. The minimum absolute atomic E-state index is 0.0154. The largest absolute Gasteiger partial charge is 0.491 e. The molecular formula is C13H17F4NO2. The lowest BCUT2D eigenvalue weighted by Gasteiger charge is -2.18. The third-order valence-electron chi connectivity index (χ3n) is 2.50. The zero-order valence-corrected chi connectivity index (χ0v) is 11.0. The molecule has 0 aliphatic rings. The third kappa shape index (κ3) is 7.30. The van der Waals surface area contributed by atoms with Crippen molar-refractivity contribution in [1.29, 1.82) is 0 Å². The summed E-state index contributed by atoms with van der Waals surface area (Å²) in [7, 11) is 0. The van der Waals surface area contributed by atoms with Gasteiger partial charge >= 0.3 is 6.18 Å². The van der Waals surface area contributed by atoms with Crippen molar-refractivity contribution >= 4 is 0 Å². The van der Waals surface area contributed by atoms with Gasteiger partial charge in [-0.2, -0.15) is 13.2 Å². The molecule has 0 amide bonds. The van der Waals surface area contributed by atoms with E-state index in [-0.39, 0.29) is 13.2 Å². The molecule has 20 heavy (non-hydrogen) atoms. The van der Waals surface area contributed by atoms with E-state index < -0.39 is 30.6 Å². The molecule has 0 spiro atoms. The van der Waals surface area contributed by atoms with Crippen LogP contribution in [0.4, 0.5) is 17.6 Å². The van der Waals surface area contributed by atoms with Crippen molar-refractivity contribution in [2.75, 3.05) is 13.2 Å². The molecule has 0 aliphatic carbocycles. The van der Waals surface area contributed by atoms with E-state index in [0.717, 1.165) is 0 Å². The molecule has 0 saturated heterocycles. The van der Waals surface area contributed by atoms with Gasteiger partial charge in [-0.05, 0) is 31.2 Å². The van der Waals surface area contributed by atoms with Crippen molar-refractivity contribution in [3.63, 3.8) is 0 Å². The Kier molecular flexibility index (Phi) is 6.22. The van der Waals surface area contributed by atoms with Crippen molar-refractivity contribution in [2.45, 2.75) is 31.7 Å². The van der Waals surface area contributed by atoms with E-state index >= 15 is 0 Å². The van der Waals surface area contributed by atoms with Gasteiger partial charge in [-0.1, -0.05) is 0 Å². The topological polar surface area (TPSA) is 41.5 Å².